The molecular weight excluding hydrogens is 282 g/mol. The Morgan fingerprint density at radius 3 is 2.64 bits per heavy atom. The lowest BCUT2D eigenvalue weighted by molar-refractivity contribution is -0.120. The van der Waals surface area contributed by atoms with Crippen LogP contribution in [0.4, 0.5) is 10.5 Å². The summed E-state index contributed by atoms with van der Waals surface area (Å²) >= 11 is 0. The van der Waals surface area contributed by atoms with E-state index in [4.69, 9.17) is 4.74 Å². The minimum absolute atomic E-state index is 0.395. The van der Waals surface area contributed by atoms with Crippen molar-refractivity contribution in [3.8, 4) is 5.75 Å². The van der Waals surface area contributed by atoms with E-state index < -0.39 is 18.0 Å². The average Bonchev–Trinajstić information content (AvgIpc) is 2.47. The first kappa shape index (κ1) is 17.8. The molecule has 1 atom stereocenters. The Hall–Kier alpha value is -2.24. The molecule has 3 N–H and O–H groups in total. The zero-order valence-corrected chi connectivity index (χ0v) is 13.7. The van der Waals surface area contributed by atoms with Crippen molar-refractivity contribution in [3.05, 3.63) is 23.8 Å². The molecule has 6 heteroatoms. The normalized spacial score (nSPS) is 11.5. The van der Waals surface area contributed by atoms with Crippen LogP contribution in [0.1, 0.15) is 32.8 Å². The Morgan fingerprint density at radius 2 is 2.00 bits per heavy atom. The monoisotopic (exact) mass is 307 g/mol. The van der Waals surface area contributed by atoms with Gasteiger partial charge < -0.3 is 15.4 Å². The summed E-state index contributed by atoms with van der Waals surface area (Å²) in [6.45, 7) is 8.57. The summed E-state index contributed by atoms with van der Waals surface area (Å²) in [5, 5.41) is 7.88. The van der Waals surface area contributed by atoms with Crippen LogP contribution >= 0.6 is 0 Å². The van der Waals surface area contributed by atoms with Gasteiger partial charge in [-0.15, -0.1) is 0 Å². The van der Waals surface area contributed by atoms with E-state index in [2.05, 4.69) is 16.0 Å². The van der Waals surface area contributed by atoms with Gasteiger partial charge in [0.05, 0.1) is 12.3 Å². The third kappa shape index (κ3) is 5.63. The second-order valence-corrected chi connectivity index (χ2v) is 5.06. The van der Waals surface area contributed by atoms with Crippen molar-refractivity contribution in [2.75, 3.05) is 18.5 Å². The lowest BCUT2D eigenvalue weighted by atomic mass is 10.2. The molecule has 0 aliphatic rings. The standard InChI is InChI=1S/C16H25N3O3/c1-5-9-22-14-10-11(3)7-8-13(14)18-12(4)15(20)19-16(21)17-6-2/h7-8,10,12,18H,5-6,9H2,1-4H3,(H2,17,19,20,21). The molecule has 0 radical (unpaired) electrons. The Labute approximate surface area is 131 Å². The number of amides is 3. The van der Waals surface area contributed by atoms with Gasteiger partial charge in [0, 0.05) is 6.54 Å². The van der Waals surface area contributed by atoms with Gasteiger partial charge in [-0.2, -0.15) is 0 Å². The van der Waals surface area contributed by atoms with Crippen LogP contribution in [0.2, 0.25) is 0 Å². The number of aryl methyl sites for hydroxylation is 1. The van der Waals surface area contributed by atoms with Crippen LogP contribution in [0.15, 0.2) is 18.2 Å². The molecule has 0 heterocycles. The van der Waals surface area contributed by atoms with E-state index in [-0.39, 0.29) is 0 Å². The fourth-order valence-electron chi connectivity index (χ4n) is 1.80. The van der Waals surface area contributed by atoms with Crippen LogP contribution in [0.25, 0.3) is 0 Å². The summed E-state index contributed by atoms with van der Waals surface area (Å²) in [4.78, 5) is 23.3. The maximum atomic E-state index is 11.9. The summed E-state index contributed by atoms with van der Waals surface area (Å²) in [6.07, 6.45) is 0.903. The predicted octanol–water partition coefficient (Wildman–Crippen LogP) is 2.43. The van der Waals surface area contributed by atoms with Crippen LogP contribution in [0, 0.1) is 6.92 Å². The van der Waals surface area contributed by atoms with Crippen LogP contribution in [-0.2, 0) is 4.79 Å². The van der Waals surface area contributed by atoms with Gasteiger partial charge >= 0.3 is 6.03 Å². The highest BCUT2D eigenvalue weighted by Gasteiger charge is 2.17. The number of urea groups is 1. The third-order valence-corrected chi connectivity index (χ3v) is 2.94. The molecular formula is C16H25N3O3. The van der Waals surface area contributed by atoms with Crippen LogP contribution in [0.3, 0.4) is 0 Å². The van der Waals surface area contributed by atoms with Gasteiger partial charge in [0.25, 0.3) is 0 Å². The smallest absolute Gasteiger partial charge is 0.321 e. The van der Waals surface area contributed by atoms with Crippen molar-refractivity contribution < 1.29 is 14.3 Å². The highest BCUT2D eigenvalue weighted by Crippen LogP contribution is 2.26. The zero-order chi connectivity index (χ0) is 16.5. The fraction of sp³-hybridized carbons (Fsp3) is 0.500. The van der Waals surface area contributed by atoms with Gasteiger partial charge in [0.1, 0.15) is 11.8 Å². The molecule has 22 heavy (non-hydrogen) atoms. The second-order valence-electron chi connectivity index (χ2n) is 5.06. The largest absolute Gasteiger partial charge is 0.491 e. The number of hydrogen-bond donors (Lipinski definition) is 3. The maximum absolute atomic E-state index is 11.9. The first-order chi connectivity index (χ1) is 10.5. The number of imide groups is 1. The first-order valence-corrected chi connectivity index (χ1v) is 7.56. The number of hydrogen-bond acceptors (Lipinski definition) is 4. The average molecular weight is 307 g/mol. The molecule has 0 spiro atoms. The van der Waals surface area contributed by atoms with Gasteiger partial charge in [0.2, 0.25) is 5.91 Å². The van der Waals surface area contributed by atoms with E-state index in [0.717, 1.165) is 17.7 Å². The summed E-state index contributed by atoms with van der Waals surface area (Å²) in [5.41, 5.74) is 1.81. The third-order valence-electron chi connectivity index (χ3n) is 2.94. The minimum Gasteiger partial charge on any atom is -0.491 e. The molecule has 0 aliphatic carbocycles. The zero-order valence-electron chi connectivity index (χ0n) is 13.7. The molecule has 0 saturated heterocycles. The molecule has 0 fully saturated rings. The molecule has 0 aliphatic heterocycles. The van der Waals surface area contributed by atoms with E-state index in [0.29, 0.717) is 18.9 Å². The first-order valence-electron chi connectivity index (χ1n) is 7.56. The van der Waals surface area contributed by atoms with Gasteiger partial charge in [-0.1, -0.05) is 13.0 Å². The molecule has 1 unspecified atom stereocenters. The maximum Gasteiger partial charge on any atom is 0.321 e. The van der Waals surface area contributed by atoms with Gasteiger partial charge in [-0.05, 0) is 44.9 Å². The van der Waals surface area contributed by atoms with Crippen molar-refractivity contribution in [1.29, 1.82) is 0 Å². The van der Waals surface area contributed by atoms with Crippen molar-refractivity contribution in [3.63, 3.8) is 0 Å². The summed E-state index contributed by atoms with van der Waals surface area (Å²) in [6, 6.07) is 4.68. The number of nitrogens with one attached hydrogen (secondary N) is 3. The number of anilines is 1. The summed E-state index contributed by atoms with van der Waals surface area (Å²) in [7, 11) is 0. The van der Waals surface area contributed by atoms with E-state index >= 15 is 0 Å². The van der Waals surface area contributed by atoms with Crippen molar-refractivity contribution in [1.82, 2.24) is 10.6 Å². The fourth-order valence-corrected chi connectivity index (χ4v) is 1.80. The number of carbonyl (C=O) groups excluding carboxylic acids is 2. The Balaban J connectivity index is 2.72. The molecule has 1 aromatic rings. The lowest BCUT2D eigenvalue weighted by Gasteiger charge is -2.18. The van der Waals surface area contributed by atoms with Crippen molar-refractivity contribution in [2.45, 2.75) is 40.2 Å². The highest BCUT2D eigenvalue weighted by molar-refractivity contribution is 5.98. The second kappa shape index (κ2) is 8.92. The van der Waals surface area contributed by atoms with Gasteiger partial charge in [-0.3, -0.25) is 10.1 Å². The molecule has 3 amide bonds. The van der Waals surface area contributed by atoms with Crippen LogP contribution in [0.5, 0.6) is 5.75 Å². The quantitative estimate of drug-likeness (QED) is 0.723. The molecule has 0 aromatic heterocycles. The van der Waals surface area contributed by atoms with Crippen LogP contribution < -0.4 is 20.7 Å². The van der Waals surface area contributed by atoms with Gasteiger partial charge in [-0.25, -0.2) is 4.79 Å². The molecule has 0 saturated carbocycles. The van der Waals surface area contributed by atoms with Gasteiger partial charge in [0.15, 0.2) is 0 Å². The molecule has 1 rings (SSSR count). The highest BCUT2D eigenvalue weighted by atomic mass is 16.5. The number of benzene rings is 1. The Morgan fingerprint density at radius 1 is 1.27 bits per heavy atom. The molecule has 122 valence electrons. The summed E-state index contributed by atoms with van der Waals surface area (Å²) < 4.78 is 5.69. The van der Waals surface area contributed by atoms with E-state index in [1.807, 2.05) is 32.0 Å². The number of carbonyl (C=O) groups is 2. The van der Waals surface area contributed by atoms with Crippen LogP contribution in [-0.4, -0.2) is 31.1 Å². The Bertz CT molecular complexity index is 517. The Kier molecular flexibility index (Phi) is 7.22. The van der Waals surface area contributed by atoms with Crippen molar-refractivity contribution >= 4 is 17.6 Å². The van der Waals surface area contributed by atoms with E-state index in [9.17, 15) is 9.59 Å². The van der Waals surface area contributed by atoms with E-state index in [1.165, 1.54) is 0 Å². The van der Waals surface area contributed by atoms with E-state index in [1.54, 1.807) is 13.8 Å². The predicted molar refractivity (Wildman–Crippen MR) is 87.3 cm³/mol. The molecule has 1 aromatic carbocycles. The lowest BCUT2D eigenvalue weighted by Crippen LogP contribution is -2.45. The SMILES string of the molecule is CCCOc1cc(C)ccc1NC(C)C(=O)NC(=O)NCC. The minimum atomic E-state index is -0.561. The summed E-state index contributed by atoms with van der Waals surface area (Å²) in [5.74, 6) is 0.312. The number of ether oxygens (including phenoxy) is 1. The molecule has 0 bridgehead atoms. The van der Waals surface area contributed by atoms with Crippen molar-refractivity contribution in [2.24, 2.45) is 0 Å². The molecule has 6 nitrogen and oxygen atoms in total. The number of rotatable bonds is 7. The topological polar surface area (TPSA) is 79.5 Å².